The summed E-state index contributed by atoms with van der Waals surface area (Å²) in [4.78, 5) is 25.6. The van der Waals surface area contributed by atoms with Crippen molar-refractivity contribution in [3.05, 3.63) is 113 Å². The van der Waals surface area contributed by atoms with E-state index in [-0.39, 0.29) is 24.0 Å². The Bertz CT molecular complexity index is 1590. The van der Waals surface area contributed by atoms with Crippen LogP contribution >= 0.6 is 0 Å². The fourth-order valence-corrected chi connectivity index (χ4v) is 4.66. The zero-order chi connectivity index (χ0) is 30.6. The summed E-state index contributed by atoms with van der Waals surface area (Å²) in [6.07, 6.45) is 1.40. The first kappa shape index (κ1) is 30.0. The maximum absolute atomic E-state index is 15.0. The Hall–Kier alpha value is -4.50. The molecule has 224 valence electrons. The van der Waals surface area contributed by atoms with Gasteiger partial charge in [-0.1, -0.05) is 48.5 Å². The molecule has 1 saturated carbocycles. The summed E-state index contributed by atoms with van der Waals surface area (Å²) in [6, 6.07) is 23.4. The second kappa shape index (κ2) is 12.8. The van der Waals surface area contributed by atoms with Crippen LogP contribution in [0.2, 0.25) is 0 Å². The zero-order valence-corrected chi connectivity index (χ0v) is 24.9. The molecule has 5 rings (SSSR count). The predicted molar refractivity (Wildman–Crippen MR) is 163 cm³/mol. The van der Waals surface area contributed by atoms with Gasteiger partial charge < -0.3 is 20.1 Å². The third kappa shape index (κ3) is 8.08. The standard InChI is InChI=1S/C34H37FN4O4/c1-22-17-30(39(38-22)27-12-8-9-24(18-27)20-36-33(41)43-34(2,3)4)32(40)37-29-19-26(15-16-28(29)35)31(42-21-23-13-14-23)25-10-6-5-7-11-25/h5-12,15-19,23,31H,13-14,20-21H2,1-4H3,(H,36,41)(H,37,40). The highest BCUT2D eigenvalue weighted by Gasteiger charge is 2.25. The van der Waals surface area contributed by atoms with E-state index in [0.717, 1.165) is 29.5 Å². The van der Waals surface area contributed by atoms with E-state index >= 15 is 4.39 Å². The summed E-state index contributed by atoms with van der Waals surface area (Å²) in [5, 5.41) is 10.00. The number of hydrogen-bond donors (Lipinski definition) is 2. The summed E-state index contributed by atoms with van der Waals surface area (Å²) >= 11 is 0. The number of halogens is 1. The SMILES string of the molecule is Cc1cc(C(=O)Nc2cc(C(OCC3CC3)c3ccccc3)ccc2F)n(-c2cccc(CNC(=O)OC(C)(C)C)c2)n1. The first-order chi connectivity index (χ1) is 20.6. The van der Waals surface area contributed by atoms with Gasteiger partial charge in [0.1, 0.15) is 23.2 Å². The number of ether oxygens (including phenoxy) is 2. The van der Waals surface area contributed by atoms with Crippen molar-refractivity contribution in [3.63, 3.8) is 0 Å². The Labute approximate surface area is 251 Å². The molecular weight excluding hydrogens is 547 g/mol. The Morgan fingerprint density at radius 2 is 1.77 bits per heavy atom. The smallest absolute Gasteiger partial charge is 0.407 e. The molecule has 2 amide bonds. The lowest BCUT2D eigenvalue weighted by Gasteiger charge is -2.20. The number of rotatable bonds is 10. The average molecular weight is 585 g/mol. The topological polar surface area (TPSA) is 94.5 Å². The van der Waals surface area contributed by atoms with Gasteiger partial charge in [0.05, 0.1) is 23.7 Å². The van der Waals surface area contributed by atoms with Crippen molar-refractivity contribution in [3.8, 4) is 5.69 Å². The lowest BCUT2D eigenvalue weighted by molar-refractivity contribution is 0.0523. The number of carbonyl (C=O) groups is 2. The molecule has 43 heavy (non-hydrogen) atoms. The summed E-state index contributed by atoms with van der Waals surface area (Å²) in [7, 11) is 0. The van der Waals surface area contributed by atoms with E-state index in [1.54, 1.807) is 45.9 Å². The molecule has 3 aromatic carbocycles. The molecule has 1 atom stereocenters. The summed E-state index contributed by atoms with van der Waals surface area (Å²) < 4.78 is 28.2. The van der Waals surface area contributed by atoms with Crippen molar-refractivity contribution >= 4 is 17.7 Å². The number of nitrogens with one attached hydrogen (secondary N) is 2. The predicted octanol–water partition coefficient (Wildman–Crippen LogP) is 7.11. The van der Waals surface area contributed by atoms with Crippen LogP contribution < -0.4 is 10.6 Å². The van der Waals surface area contributed by atoms with Crippen molar-refractivity contribution in [1.29, 1.82) is 0 Å². The van der Waals surface area contributed by atoms with Crippen molar-refractivity contribution in [2.75, 3.05) is 11.9 Å². The molecule has 1 aromatic heterocycles. The third-order valence-corrected chi connectivity index (χ3v) is 6.89. The number of nitrogens with zero attached hydrogens (tertiary/aromatic N) is 2. The van der Waals surface area contributed by atoms with Crippen LogP contribution in [-0.4, -0.2) is 34.0 Å². The highest BCUT2D eigenvalue weighted by molar-refractivity contribution is 6.03. The molecule has 4 aromatic rings. The lowest BCUT2D eigenvalue weighted by Crippen LogP contribution is -2.32. The Morgan fingerprint density at radius 1 is 1.00 bits per heavy atom. The van der Waals surface area contributed by atoms with E-state index in [1.807, 2.05) is 54.6 Å². The van der Waals surface area contributed by atoms with E-state index < -0.39 is 23.4 Å². The molecular formula is C34H37FN4O4. The molecule has 9 heteroatoms. The molecule has 2 N–H and O–H groups in total. The van der Waals surface area contributed by atoms with Crippen molar-refractivity contribution in [2.24, 2.45) is 5.92 Å². The van der Waals surface area contributed by atoms with Crippen LogP contribution in [0.3, 0.4) is 0 Å². The Kier molecular flexibility index (Phi) is 8.92. The second-order valence-corrected chi connectivity index (χ2v) is 11.9. The minimum atomic E-state index is -0.605. The van der Waals surface area contributed by atoms with Gasteiger partial charge in [0.25, 0.3) is 5.91 Å². The van der Waals surface area contributed by atoms with Crippen LogP contribution in [-0.2, 0) is 16.0 Å². The molecule has 0 spiro atoms. The van der Waals surface area contributed by atoms with Gasteiger partial charge >= 0.3 is 6.09 Å². The van der Waals surface area contributed by atoms with Crippen molar-refractivity contribution in [1.82, 2.24) is 15.1 Å². The second-order valence-electron chi connectivity index (χ2n) is 11.9. The van der Waals surface area contributed by atoms with Gasteiger partial charge in [-0.15, -0.1) is 0 Å². The molecule has 1 aliphatic carbocycles. The monoisotopic (exact) mass is 584 g/mol. The fraction of sp³-hybridized carbons (Fsp3) is 0.324. The molecule has 1 aliphatic rings. The van der Waals surface area contributed by atoms with Crippen LogP contribution in [0.1, 0.15) is 72.6 Å². The summed E-state index contributed by atoms with van der Waals surface area (Å²) in [5.74, 6) is -0.505. The normalized spacial score (nSPS) is 13.8. The number of amides is 2. The minimum Gasteiger partial charge on any atom is -0.444 e. The Balaban J connectivity index is 1.35. The first-order valence-corrected chi connectivity index (χ1v) is 14.5. The maximum atomic E-state index is 15.0. The van der Waals surface area contributed by atoms with Crippen LogP contribution in [0.4, 0.5) is 14.9 Å². The number of aromatic nitrogens is 2. The summed E-state index contributed by atoms with van der Waals surface area (Å²) in [5.41, 5.74) is 3.43. The largest absolute Gasteiger partial charge is 0.444 e. The van der Waals surface area contributed by atoms with E-state index in [9.17, 15) is 9.59 Å². The van der Waals surface area contributed by atoms with E-state index in [1.165, 1.54) is 10.7 Å². The maximum Gasteiger partial charge on any atom is 0.407 e. The number of aryl methyl sites for hydroxylation is 1. The number of alkyl carbamates (subject to hydrolysis) is 1. The quantitative estimate of drug-likeness (QED) is 0.207. The first-order valence-electron chi connectivity index (χ1n) is 14.5. The number of hydrogen-bond acceptors (Lipinski definition) is 5. The number of benzene rings is 3. The van der Waals surface area contributed by atoms with Crippen molar-refractivity contribution < 1.29 is 23.5 Å². The van der Waals surface area contributed by atoms with Crippen LogP contribution in [0.15, 0.2) is 78.9 Å². The van der Waals surface area contributed by atoms with Gasteiger partial charge in [-0.25, -0.2) is 13.9 Å². The van der Waals surface area contributed by atoms with Gasteiger partial charge in [0.2, 0.25) is 0 Å². The lowest BCUT2D eigenvalue weighted by atomic mass is 10.0. The van der Waals surface area contributed by atoms with Gasteiger partial charge in [0.15, 0.2) is 0 Å². The summed E-state index contributed by atoms with van der Waals surface area (Å²) in [6.45, 7) is 8.03. The van der Waals surface area contributed by atoms with Crippen LogP contribution in [0, 0.1) is 18.7 Å². The molecule has 0 saturated heterocycles. The van der Waals surface area contributed by atoms with Crippen LogP contribution in [0.5, 0.6) is 0 Å². The zero-order valence-electron chi connectivity index (χ0n) is 24.9. The van der Waals surface area contributed by atoms with Crippen LogP contribution in [0.25, 0.3) is 5.69 Å². The van der Waals surface area contributed by atoms with E-state index in [4.69, 9.17) is 9.47 Å². The Morgan fingerprint density at radius 3 is 2.49 bits per heavy atom. The van der Waals surface area contributed by atoms with Gasteiger partial charge in [-0.3, -0.25) is 4.79 Å². The molecule has 0 bridgehead atoms. The average Bonchev–Trinajstić information content (AvgIpc) is 3.71. The van der Waals surface area contributed by atoms with Gasteiger partial charge in [-0.2, -0.15) is 5.10 Å². The third-order valence-electron chi connectivity index (χ3n) is 6.89. The van der Waals surface area contributed by atoms with Gasteiger partial charge in [0, 0.05) is 6.54 Å². The molecule has 1 heterocycles. The molecule has 1 fully saturated rings. The molecule has 8 nitrogen and oxygen atoms in total. The molecule has 1 unspecified atom stereocenters. The van der Waals surface area contributed by atoms with Gasteiger partial charge in [-0.05, 0) is 93.5 Å². The minimum absolute atomic E-state index is 0.0548. The molecule has 0 aliphatic heterocycles. The van der Waals surface area contributed by atoms with E-state index in [0.29, 0.717) is 23.9 Å². The molecule has 0 radical (unpaired) electrons. The highest BCUT2D eigenvalue weighted by atomic mass is 19.1. The highest BCUT2D eigenvalue weighted by Crippen LogP contribution is 2.34. The van der Waals surface area contributed by atoms with Crippen molar-refractivity contribution in [2.45, 2.75) is 58.8 Å². The van der Waals surface area contributed by atoms with E-state index in [2.05, 4.69) is 15.7 Å². The fourth-order valence-electron chi connectivity index (χ4n) is 4.66. The number of anilines is 1. The number of carbonyl (C=O) groups excluding carboxylic acids is 2.